The summed E-state index contributed by atoms with van der Waals surface area (Å²) in [7, 11) is 5.72. The van der Waals surface area contributed by atoms with Crippen LogP contribution in [0.1, 0.15) is 6.42 Å². The van der Waals surface area contributed by atoms with Gasteiger partial charge in [-0.05, 0) is 0 Å². The maximum absolute atomic E-state index is 10.1. The molecule has 2 N–H and O–H groups in total. The number of aliphatic hydroxyl groups excluding tert-OH is 1. The summed E-state index contributed by atoms with van der Waals surface area (Å²) in [6.07, 6.45) is -0.914. The molecule has 0 spiro atoms. The maximum Gasteiger partial charge on any atom is 1.00 e. The standard InChI is InChI=1S/C7H15NO3.K/c1-8(2,3)5-6(9)4-7(10)11;/h6,9H,4-5H2,1-3H3;/q;+1/p+1/t6-;/m1./s1. The molecular formula is C7H16KNO3+2. The summed E-state index contributed by atoms with van der Waals surface area (Å²) >= 11 is 0. The molecule has 0 bridgehead atoms. The van der Waals surface area contributed by atoms with Crippen LogP contribution < -0.4 is 51.4 Å². The van der Waals surface area contributed by atoms with Crippen LogP contribution in [0.25, 0.3) is 0 Å². The van der Waals surface area contributed by atoms with E-state index in [1.54, 1.807) is 0 Å². The van der Waals surface area contributed by atoms with Crippen LogP contribution in [0.2, 0.25) is 0 Å². The van der Waals surface area contributed by atoms with E-state index in [1.807, 2.05) is 21.1 Å². The van der Waals surface area contributed by atoms with Crippen molar-refractivity contribution in [2.24, 2.45) is 0 Å². The first-order valence-electron chi connectivity index (χ1n) is 3.51. The van der Waals surface area contributed by atoms with Gasteiger partial charge in [0.1, 0.15) is 12.6 Å². The van der Waals surface area contributed by atoms with E-state index < -0.39 is 12.1 Å². The van der Waals surface area contributed by atoms with Gasteiger partial charge in [0, 0.05) is 0 Å². The first kappa shape index (κ1) is 15.5. The average Bonchev–Trinajstić information content (AvgIpc) is 1.53. The number of hydrogen-bond acceptors (Lipinski definition) is 2. The maximum atomic E-state index is 10.1. The number of quaternary nitrogens is 1. The number of aliphatic carboxylic acids is 1. The Morgan fingerprint density at radius 1 is 1.42 bits per heavy atom. The number of hydrogen-bond donors (Lipinski definition) is 2. The van der Waals surface area contributed by atoms with Gasteiger partial charge in [-0.25, -0.2) is 0 Å². The number of carboxylic acid groups (broad SMARTS) is 1. The number of carboxylic acids is 1. The van der Waals surface area contributed by atoms with Gasteiger partial charge >= 0.3 is 57.4 Å². The van der Waals surface area contributed by atoms with Crippen LogP contribution in [-0.4, -0.2) is 54.5 Å². The van der Waals surface area contributed by atoms with E-state index in [4.69, 9.17) is 10.2 Å². The Bertz CT molecular complexity index is 144. The predicted octanol–water partition coefficient (Wildman–Crippen LogP) is -3.47. The van der Waals surface area contributed by atoms with Crippen LogP contribution in [0.5, 0.6) is 0 Å². The van der Waals surface area contributed by atoms with E-state index in [-0.39, 0.29) is 57.8 Å². The Morgan fingerprint density at radius 2 is 1.83 bits per heavy atom. The third-order valence-corrected chi connectivity index (χ3v) is 1.17. The molecular weight excluding hydrogens is 185 g/mol. The molecule has 0 aliphatic carbocycles. The fourth-order valence-electron chi connectivity index (χ4n) is 0.898. The van der Waals surface area contributed by atoms with Crippen molar-refractivity contribution in [2.75, 3.05) is 27.7 Å². The summed E-state index contributed by atoms with van der Waals surface area (Å²) in [4.78, 5) is 10.1. The first-order valence-corrected chi connectivity index (χ1v) is 3.51. The van der Waals surface area contributed by atoms with Crippen molar-refractivity contribution < 1.29 is 70.9 Å². The minimum atomic E-state index is -0.953. The van der Waals surface area contributed by atoms with Crippen molar-refractivity contribution in [3.63, 3.8) is 0 Å². The van der Waals surface area contributed by atoms with E-state index in [1.165, 1.54) is 0 Å². The van der Waals surface area contributed by atoms with Crippen LogP contribution >= 0.6 is 0 Å². The Kier molecular flexibility index (Phi) is 8.36. The largest absolute Gasteiger partial charge is 1.00 e. The number of rotatable bonds is 4. The van der Waals surface area contributed by atoms with E-state index >= 15 is 0 Å². The fourth-order valence-corrected chi connectivity index (χ4v) is 0.898. The van der Waals surface area contributed by atoms with E-state index in [2.05, 4.69) is 0 Å². The molecule has 0 fully saturated rings. The molecule has 66 valence electrons. The molecule has 0 unspecified atom stereocenters. The van der Waals surface area contributed by atoms with Gasteiger partial charge in [-0.1, -0.05) is 0 Å². The molecule has 0 aromatic carbocycles. The zero-order valence-electron chi connectivity index (χ0n) is 8.24. The molecule has 0 aliphatic heterocycles. The van der Waals surface area contributed by atoms with Gasteiger partial charge in [0.2, 0.25) is 0 Å². The number of aliphatic hydroxyl groups is 1. The van der Waals surface area contributed by atoms with Crippen LogP contribution in [0.4, 0.5) is 0 Å². The normalized spacial score (nSPS) is 13.3. The Balaban J connectivity index is 0. The third-order valence-electron chi connectivity index (χ3n) is 1.17. The summed E-state index contributed by atoms with van der Waals surface area (Å²) in [5.41, 5.74) is 0. The zero-order chi connectivity index (χ0) is 9.07. The SMILES string of the molecule is C[N+](C)(C)C[C@H](O)CC(=O)O.[K+]. The van der Waals surface area contributed by atoms with Crippen molar-refractivity contribution in [3.05, 3.63) is 0 Å². The fraction of sp³-hybridized carbons (Fsp3) is 0.857. The average molecular weight is 201 g/mol. The van der Waals surface area contributed by atoms with Crippen LogP contribution in [0.15, 0.2) is 0 Å². The third kappa shape index (κ3) is 11.0. The van der Waals surface area contributed by atoms with Gasteiger partial charge in [-0.15, -0.1) is 0 Å². The first-order chi connectivity index (χ1) is 4.81. The molecule has 0 amide bonds. The second-order valence-corrected chi connectivity index (χ2v) is 3.72. The minimum Gasteiger partial charge on any atom is -0.481 e. The summed E-state index contributed by atoms with van der Waals surface area (Å²) in [6.45, 7) is 0.465. The summed E-state index contributed by atoms with van der Waals surface area (Å²) < 4.78 is 0.578. The van der Waals surface area contributed by atoms with Gasteiger partial charge in [0.15, 0.2) is 0 Å². The molecule has 0 aliphatic rings. The van der Waals surface area contributed by atoms with Crippen LogP contribution in [0, 0.1) is 0 Å². The Hall–Kier alpha value is 1.03. The molecule has 0 rings (SSSR count). The molecule has 0 aromatic rings. The summed E-state index contributed by atoms with van der Waals surface area (Å²) in [5.74, 6) is -0.953. The van der Waals surface area contributed by atoms with Gasteiger partial charge in [0.25, 0.3) is 0 Å². The monoisotopic (exact) mass is 201 g/mol. The number of carbonyl (C=O) groups is 1. The van der Waals surface area contributed by atoms with Crippen LogP contribution in [0.3, 0.4) is 0 Å². The van der Waals surface area contributed by atoms with Gasteiger partial charge < -0.3 is 14.7 Å². The van der Waals surface area contributed by atoms with Crippen LogP contribution in [-0.2, 0) is 4.79 Å². The summed E-state index contributed by atoms with van der Waals surface area (Å²) in [5, 5.41) is 17.5. The molecule has 0 saturated carbocycles. The molecule has 5 heteroatoms. The molecule has 0 saturated heterocycles. The van der Waals surface area contributed by atoms with Gasteiger partial charge in [-0.3, -0.25) is 4.79 Å². The Morgan fingerprint density at radius 3 is 2.08 bits per heavy atom. The predicted molar refractivity (Wildman–Crippen MR) is 41.2 cm³/mol. The Labute approximate surface area is 116 Å². The van der Waals surface area contributed by atoms with Crippen molar-refractivity contribution in [2.45, 2.75) is 12.5 Å². The van der Waals surface area contributed by atoms with Gasteiger partial charge in [-0.2, -0.15) is 0 Å². The van der Waals surface area contributed by atoms with Gasteiger partial charge in [0.05, 0.1) is 27.6 Å². The minimum absolute atomic E-state index is 0. The van der Waals surface area contributed by atoms with Crippen molar-refractivity contribution in [1.82, 2.24) is 0 Å². The topological polar surface area (TPSA) is 57.5 Å². The van der Waals surface area contributed by atoms with Crippen molar-refractivity contribution >= 4 is 5.97 Å². The van der Waals surface area contributed by atoms with E-state index in [9.17, 15) is 4.79 Å². The van der Waals surface area contributed by atoms with E-state index in [0.29, 0.717) is 11.0 Å². The number of nitrogens with zero attached hydrogens (tertiary/aromatic N) is 1. The molecule has 0 aromatic heterocycles. The smallest absolute Gasteiger partial charge is 0.481 e. The molecule has 12 heavy (non-hydrogen) atoms. The van der Waals surface area contributed by atoms with Crippen molar-refractivity contribution in [3.8, 4) is 0 Å². The van der Waals surface area contributed by atoms with E-state index in [0.717, 1.165) is 0 Å². The molecule has 4 nitrogen and oxygen atoms in total. The van der Waals surface area contributed by atoms with Crippen molar-refractivity contribution in [1.29, 1.82) is 0 Å². The molecule has 1 atom stereocenters. The quantitative estimate of drug-likeness (QED) is 0.367. The number of likely N-dealkylation sites (N-methyl/N-ethyl adjacent to an activating group) is 1. The molecule has 0 radical (unpaired) electrons. The second-order valence-electron chi connectivity index (χ2n) is 3.72. The second kappa shape index (κ2) is 6.48. The molecule has 0 heterocycles. The zero-order valence-corrected chi connectivity index (χ0v) is 11.4. The summed E-state index contributed by atoms with van der Waals surface area (Å²) in [6, 6.07) is 0.